The van der Waals surface area contributed by atoms with Crippen LogP contribution in [0, 0.1) is 10.1 Å². The number of rotatable bonds is 12. The summed E-state index contributed by atoms with van der Waals surface area (Å²) in [5, 5.41) is 10.7. The molecular weight excluding hydrogens is 262 g/mol. The van der Waals surface area contributed by atoms with E-state index in [0.29, 0.717) is 0 Å². The molecule has 0 aliphatic heterocycles. The molecule has 0 radical (unpaired) electrons. The van der Waals surface area contributed by atoms with Crippen molar-refractivity contribution in [3.8, 4) is 0 Å². The summed E-state index contributed by atoms with van der Waals surface area (Å²) in [7, 11) is 0. The number of nitro groups is 1. The standard InChI is InChI=1S/C18H29NO2/c1-2-3-4-5-6-7-8-9-10-11-13-17-14-12-15-18(16-17)19(20)21/h12,14-16H,2-11,13H2,1H3. The molecule has 0 aliphatic rings. The van der Waals surface area contributed by atoms with Gasteiger partial charge in [0.25, 0.3) is 5.69 Å². The molecule has 3 heteroatoms. The van der Waals surface area contributed by atoms with E-state index >= 15 is 0 Å². The van der Waals surface area contributed by atoms with Crippen LogP contribution in [0.1, 0.15) is 76.7 Å². The van der Waals surface area contributed by atoms with Crippen LogP contribution in [-0.4, -0.2) is 4.92 Å². The zero-order chi connectivity index (χ0) is 15.3. The molecule has 0 bridgehead atoms. The first kappa shape index (κ1) is 17.7. The molecule has 1 aromatic carbocycles. The molecule has 118 valence electrons. The van der Waals surface area contributed by atoms with Crippen molar-refractivity contribution in [3.05, 3.63) is 39.9 Å². The highest BCUT2D eigenvalue weighted by molar-refractivity contribution is 5.34. The molecule has 0 amide bonds. The van der Waals surface area contributed by atoms with Crippen LogP contribution in [0.3, 0.4) is 0 Å². The summed E-state index contributed by atoms with van der Waals surface area (Å²) in [6.45, 7) is 2.25. The van der Waals surface area contributed by atoms with Gasteiger partial charge in [0.05, 0.1) is 4.92 Å². The molecule has 1 aromatic rings. The third-order valence-corrected chi connectivity index (χ3v) is 3.94. The van der Waals surface area contributed by atoms with Crippen LogP contribution in [0.2, 0.25) is 0 Å². The lowest BCUT2D eigenvalue weighted by Crippen LogP contribution is -1.91. The Bertz CT molecular complexity index is 404. The zero-order valence-electron chi connectivity index (χ0n) is 13.4. The van der Waals surface area contributed by atoms with Gasteiger partial charge in [-0.25, -0.2) is 0 Å². The summed E-state index contributed by atoms with van der Waals surface area (Å²) < 4.78 is 0. The SMILES string of the molecule is CCCCCCCCCCCCc1cccc([N+](=O)[O-])c1. The van der Waals surface area contributed by atoms with Crippen molar-refractivity contribution in [1.29, 1.82) is 0 Å². The van der Waals surface area contributed by atoms with Gasteiger partial charge in [0.1, 0.15) is 0 Å². The number of hydrogen-bond acceptors (Lipinski definition) is 2. The lowest BCUT2D eigenvalue weighted by atomic mass is 10.0. The molecule has 0 aromatic heterocycles. The number of hydrogen-bond donors (Lipinski definition) is 0. The van der Waals surface area contributed by atoms with E-state index < -0.39 is 0 Å². The van der Waals surface area contributed by atoms with E-state index in [4.69, 9.17) is 0 Å². The second kappa shape index (κ2) is 11.3. The number of unbranched alkanes of at least 4 members (excludes halogenated alkanes) is 9. The van der Waals surface area contributed by atoms with Crippen molar-refractivity contribution < 1.29 is 4.92 Å². The normalized spacial score (nSPS) is 10.7. The highest BCUT2D eigenvalue weighted by Crippen LogP contribution is 2.16. The Labute approximate surface area is 128 Å². The maximum Gasteiger partial charge on any atom is 0.269 e. The Morgan fingerprint density at radius 3 is 2.05 bits per heavy atom. The van der Waals surface area contributed by atoms with Crippen LogP contribution < -0.4 is 0 Å². The number of non-ortho nitro benzene ring substituents is 1. The van der Waals surface area contributed by atoms with Crippen LogP contribution in [-0.2, 0) is 6.42 Å². The Hall–Kier alpha value is -1.38. The average molecular weight is 291 g/mol. The summed E-state index contributed by atoms with van der Waals surface area (Å²) in [5.41, 5.74) is 1.29. The van der Waals surface area contributed by atoms with Crippen molar-refractivity contribution in [1.82, 2.24) is 0 Å². The Morgan fingerprint density at radius 1 is 0.905 bits per heavy atom. The molecule has 21 heavy (non-hydrogen) atoms. The van der Waals surface area contributed by atoms with Gasteiger partial charge in [-0.15, -0.1) is 0 Å². The topological polar surface area (TPSA) is 43.1 Å². The highest BCUT2D eigenvalue weighted by Gasteiger charge is 2.05. The quantitative estimate of drug-likeness (QED) is 0.267. The third-order valence-electron chi connectivity index (χ3n) is 3.94. The minimum absolute atomic E-state index is 0.208. The maximum atomic E-state index is 10.7. The minimum atomic E-state index is -0.317. The van der Waals surface area contributed by atoms with Crippen LogP contribution in [0.5, 0.6) is 0 Å². The predicted molar refractivity (Wildman–Crippen MR) is 88.6 cm³/mol. The van der Waals surface area contributed by atoms with E-state index in [1.807, 2.05) is 6.07 Å². The molecule has 0 fully saturated rings. The first-order chi connectivity index (χ1) is 10.2. The summed E-state index contributed by atoms with van der Waals surface area (Å²) >= 11 is 0. The summed E-state index contributed by atoms with van der Waals surface area (Å²) in [6, 6.07) is 7.03. The van der Waals surface area contributed by atoms with Crippen LogP contribution in [0.4, 0.5) is 5.69 Å². The number of nitro benzene ring substituents is 1. The summed E-state index contributed by atoms with van der Waals surface area (Å²) in [5.74, 6) is 0. The fourth-order valence-electron chi connectivity index (χ4n) is 2.64. The molecule has 3 nitrogen and oxygen atoms in total. The van der Waals surface area contributed by atoms with Crippen molar-refractivity contribution in [2.45, 2.75) is 77.6 Å². The first-order valence-corrected chi connectivity index (χ1v) is 8.47. The van der Waals surface area contributed by atoms with E-state index in [1.54, 1.807) is 18.2 Å². The fraction of sp³-hybridized carbons (Fsp3) is 0.667. The molecule has 0 heterocycles. The lowest BCUT2D eigenvalue weighted by molar-refractivity contribution is -0.384. The number of aryl methyl sites for hydroxylation is 1. The average Bonchev–Trinajstić information content (AvgIpc) is 2.49. The molecule has 0 atom stereocenters. The van der Waals surface area contributed by atoms with Crippen molar-refractivity contribution in [2.75, 3.05) is 0 Å². The van der Waals surface area contributed by atoms with Gasteiger partial charge in [-0.1, -0.05) is 76.8 Å². The smallest absolute Gasteiger partial charge is 0.258 e. The Kier molecular flexibility index (Phi) is 9.51. The predicted octanol–water partition coefficient (Wildman–Crippen LogP) is 6.06. The maximum absolute atomic E-state index is 10.7. The van der Waals surface area contributed by atoms with Crippen LogP contribution in [0.15, 0.2) is 24.3 Å². The molecule has 0 saturated carbocycles. The van der Waals surface area contributed by atoms with Crippen molar-refractivity contribution >= 4 is 5.69 Å². The summed E-state index contributed by atoms with van der Waals surface area (Å²) in [4.78, 5) is 10.4. The van der Waals surface area contributed by atoms with E-state index in [-0.39, 0.29) is 10.6 Å². The van der Waals surface area contributed by atoms with Crippen LogP contribution in [0.25, 0.3) is 0 Å². The van der Waals surface area contributed by atoms with Gasteiger partial charge in [0.2, 0.25) is 0 Å². The Balaban J connectivity index is 2.01. The Morgan fingerprint density at radius 2 is 1.48 bits per heavy atom. The van der Waals surface area contributed by atoms with E-state index in [2.05, 4.69) is 6.92 Å². The minimum Gasteiger partial charge on any atom is -0.258 e. The molecule has 0 unspecified atom stereocenters. The van der Waals surface area contributed by atoms with Gasteiger partial charge in [0, 0.05) is 12.1 Å². The van der Waals surface area contributed by atoms with Gasteiger partial charge in [-0.05, 0) is 18.4 Å². The van der Waals surface area contributed by atoms with Gasteiger partial charge < -0.3 is 0 Å². The molecule has 0 saturated heterocycles. The second-order valence-electron chi connectivity index (χ2n) is 5.86. The summed E-state index contributed by atoms with van der Waals surface area (Å²) in [6.07, 6.45) is 14.2. The lowest BCUT2D eigenvalue weighted by Gasteiger charge is -2.03. The van der Waals surface area contributed by atoms with Crippen molar-refractivity contribution in [3.63, 3.8) is 0 Å². The molecule has 0 N–H and O–H groups in total. The van der Waals surface area contributed by atoms with Gasteiger partial charge in [-0.2, -0.15) is 0 Å². The highest BCUT2D eigenvalue weighted by atomic mass is 16.6. The largest absolute Gasteiger partial charge is 0.269 e. The van der Waals surface area contributed by atoms with Crippen LogP contribution >= 0.6 is 0 Å². The monoisotopic (exact) mass is 291 g/mol. The number of nitrogens with zero attached hydrogens (tertiary/aromatic N) is 1. The van der Waals surface area contributed by atoms with Gasteiger partial charge in [-0.3, -0.25) is 10.1 Å². The third kappa shape index (κ3) is 8.49. The van der Waals surface area contributed by atoms with Gasteiger partial charge >= 0.3 is 0 Å². The van der Waals surface area contributed by atoms with Crippen molar-refractivity contribution in [2.24, 2.45) is 0 Å². The zero-order valence-corrected chi connectivity index (χ0v) is 13.4. The van der Waals surface area contributed by atoms with E-state index in [9.17, 15) is 10.1 Å². The molecule has 0 spiro atoms. The van der Waals surface area contributed by atoms with E-state index in [0.717, 1.165) is 18.4 Å². The molecule has 0 aliphatic carbocycles. The second-order valence-corrected chi connectivity index (χ2v) is 5.86. The fourth-order valence-corrected chi connectivity index (χ4v) is 2.64. The van der Waals surface area contributed by atoms with E-state index in [1.165, 1.54) is 57.8 Å². The van der Waals surface area contributed by atoms with Gasteiger partial charge in [0.15, 0.2) is 0 Å². The molecular formula is C18H29NO2. The first-order valence-electron chi connectivity index (χ1n) is 8.47. The molecule has 1 rings (SSSR count). The number of benzene rings is 1.